The molecule has 18 heavy (non-hydrogen) atoms. The molecule has 94 valence electrons. The Morgan fingerprint density at radius 3 is 2.89 bits per heavy atom. The van der Waals surface area contributed by atoms with E-state index in [0.717, 1.165) is 12.1 Å². The number of likely N-dealkylation sites (N-methyl/N-ethyl adjacent to an activating group) is 1. The number of allylic oxidation sites excluding steroid dienone is 1. The summed E-state index contributed by atoms with van der Waals surface area (Å²) >= 11 is 0. The maximum Gasteiger partial charge on any atom is 0.256 e. The zero-order valence-corrected chi connectivity index (χ0v) is 10.8. The van der Waals surface area contributed by atoms with E-state index in [-0.39, 0.29) is 5.91 Å². The third-order valence-electron chi connectivity index (χ3n) is 3.00. The fraction of sp³-hybridized carbons (Fsp3) is 0.333. The fourth-order valence-electron chi connectivity index (χ4n) is 1.87. The van der Waals surface area contributed by atoms with Gasteiger partial charge in [-0.25, -0.2) is 0 Å². The van der Waals surface area contributed by atoms with Crippen LogP contribution >= 0.6 is 0 Å². The molecule has 0 radical (unpaired) electrons. The minimum absolute atomic E-state index is 0.0157. The van der Waals surface area contributed by atoms with Crippen molar-refractivity contribution in [1.82, 2.24) is 4.90 Å². The monoisotopic (exact) mass is 242 g/mol. The SMILES string of the molecule is CC1C=Nc2ccccc2C(=O)N(C)CC=CC1. The number of hydrogen-bond acceptors (Lipinski definition) is 2. The highest BCUT2D eigenvalue weighted by Crippen LogP contribution is 2.21. The molecule has 1 heterocycles. The van der Waals surface area contributed by atoms with Crippen molar-refractivity contribution in [1.29, 1.82) is 0 Å². The van der Waals surface area contributed by atoms with E-state index in [1.54, 1.807) is 4.90 Å². The average Bonchev–Trinajstić information content (AvgIpc) is 2.41. The largest absolute Gasteiger partial charge is 0.338 e. The van der Waals surface area contributed by atoms with Gasteiger partial charge >= 0.3 is 0 Å². The van der Waals surface area contributed by atoms with Crippen LogP contribution in [0.25, 0.3) is 0 Å². The molecule has 0 N–H and O–H groups in total. The van der Waals surface area contributed by atoms with Gasteiger partial charge in [0, 0.05) is 19.8 Å². The van der Waals surface area contributed by atoms with Crippen molar-refractivity contribution in [2.45, 2.75) is 13.3 Å². The second kappa shape index (κ2) is 5.63. The summed E-state index contributed by atoms with van der Waals surface area (Å²) in [7, 11) is 1.81. The molecule has 1 aliphatic heterocycles. The Hall–Kier alpha value is -1.90. The summed E-state index contributed by atoms with van der Waals surface area (Å²) in [5.74, 6) is 0.398. The molecule has 1 amide bonds. The highest BCUT2D eigenvalue weighted by molar-refractivity contribution is 5.99. The number of hydrogen-bond donors (Lipinski definition) is 0. The van der Waals surface area contributed by atoms with Gasteiger partial charge in [-0.05, 0) is 24.5 Å². The van der Waals surface area contributed by atoms with Crippen molar-refractivity contribution in [3.63, 3.8) is 0 Å². The molecule has 1 unspecified atom stereocenters. The third kappa shape index (κ3) is 2.86. The standard InChI is InChI=1S/C15H18N2O/c1-12-7-5-6-10-17(2)15(18)13-8-3-4-9-14(13)16-11-12/h3-6,8-9,11-12H,7,10H2,1-2H3. The molecule has 1 atom stereocenters. The Morgan fingerprint density at radius 1 is 1.28 bits per heavy atom. The number of nitrogens with zero attached hydrogens (tertiary/aromatic N) is 2. The first-order valence-corrected chi connectivity index (χ1v) is 6.22. The highest BCUT2D eigenvalue weighted by Gasteiger charge is 2.14. The van der Waals surface area contributed by atoms with E-state index in [1.165, 1.54) is 0 Å². The Balaban J connectivity index is 2.42. The number of aliphatic imine (C=N–C) groups is 1. The summed E-state index contributed by atoms with van der Waals surface area (Å²) in [6, 6.07) is 7.50. The molecule has 0 aliphatic carbocycles. The van der Waals surface area contributed by atoms with Crippen molar-refractivity contribution in [3.8, 4) is 0 Å². The lowest BCUT2D eigenvalue weighted by Crippen LogP contribution is -2.26. The highest BCUT2D eigenvalue weighted by atomic mass is 16.2. The van der Waals surface area contributed by atoms with Gasteiger partial charge in [-0.1, -0.05) is 31.2 Å². The van der Waals surface area contributed by atoms with E-state index in [2.05, 4.69) is 18.0 Å². The molecule has 1 aromatic carbocycles. The van der Waals surface area contributed by atoms with Crippen LogP contribution < -0.4 is 0 Å². The second-order valence-electron chi connectivity index (χ2n) is 4.67. The minimum atomic E-state index is 0.0157. The number of carbonyl (C=O) groups is 1. The van der Waals surface area contributed by atoms with Gasteiger partial charge in [0.25, 0.3) is 5.91 Å². The van der Waals surface area contributed by atoms with Crippen molar-refractivity contribution >= 4 is 17.8 Å². The number of para-hydroxylation sites is 1. The van der Waals surface area contributed by atoms with Crippen molar-refractivity contribution in [3.05, 3.63) is 42.0 Å². The first-order chi connectivity index (χ1) is 8.68. The van der Waals surface area contributed by atoms with Crippen LogP contribution in [0.5, 0.6) is 0 Å². The molecule has 0 aromatic heterocycles. The van der Waals surface area contributed by atoms with E-state index < -0.39 is 0 Å². The zero-order valence-electron chi connectivity index (χ0n) is 10.8. The third-order valence-corrected chi connectivity index (χ3v) is 3.00. The lowest BCUT2D eigenvalue weighted by Gasteiger charge is -2.15. The molecular weight excluding hydrogens is 224 g/mol. The molecule has 0 bridgehead atoms. The molecule has 1 aliphatic rings. The molecular formula is C15H18N2O. The van der Waals surface area contributed by atoms with Gasteiger partial charge < -0.3 is 4.90 Å². The second-order valence-corrected chi connectivity index (χ2v) is 4.67. The maximum absolute atomic E-state index is 12.3. The quantitative estimate of drug-likeness (QED) is 0.643. The van der Waals surface area contributed by atoms with Gasteiger partial charge in [-0.3, -0.25) is 9.79 Å². The van der Waals surface area contributed by atoms with E-state index in [4.69, 9.17) is 0 Å². The summed E-state index contributed by atoms with van der Waals surface area (Å²) in [6.07, 6.45) is 7.02. The van der Waals surface area contributed by atoms with Crippen molar-refractivity contribution in [2.24, 2.45) is 10.9 Å². The number of carbonyl (C=O) groups excluding carboxylic acids is 1. The summed E-state index contributed by atoms with van der Waals surface area (Å²) in [5.41, 5.74) is 1.42. The van der Waals surface area contributed by atoms with E-state index in [9.17, 15) is 4.79 Å². The first-order valence-electron chi connectivity index (χ1n) is 6.22. The fourth-order valence-corrected chi connectivity index (χ4v) is 1.87. The molecule has 2 rings (SSSR count). The van der Waals surface area contributed by atoms with Gasteiger partial charge in [0.2, 0.25) is 0 Å². The van der Waals surface area contributed by atoms with Crippen LogP contribution in [0.4, 0.5) is 5.69 Å². The van der Waals surface area contributed by atoms with Crippen LogP contribution in [-0.4, -0.2) is 30.6 Å². The van der Waals surface area contributed by atoms with E-state index in [1.807, 2.05) is 43.6 Å². The zero-order chi connectivity index (χ0) is 13.0. The maximum atomic E-state index is 12.3. The number of rotatable bonds is 0. The Kier molecular flexibility index (Phi) is 3.92. The van der Waals surface area contributed by atoms with Crippen LogP contribution in [0, 0.1) is 5.92 Å². The number of amides is 1. The molecule has 1 aromatic rings. The number of fused-ring (bicyclic) bond motifs is 1. The number of benzene rings is 1. The predicted molar refractivity (Wildman–Crippen MR) is 74.5 cm³/mol. The van der Waals surface area contributed by atoms with Crippen LogP contribution in [-0.2, 0) is 0 Å². The Labute approximate surface area is 108 Å². The molecule has 0 saturated carbocycles. The Morgan fingerprint density at radius 2 is 2.06 bits per heavy atom. The van der Waals surface area contributed by atoms with Gasteiger partial charge in [0.1, 0.15) is 0 Å². The first kappa shape index (κ1) is 12.6. The lowest BCUT2D eigenvalue weighted by atomic mass is 10.1. The van der Waals surface area contributed by atoms with Crippen LogP contribution in [0.15, 0.2) is 41.4 Å². The lowest BCUT2D eigenvalue weighted by molar-refractivity contribution is 0.0811. The average molecular weight is 242 g/mol. The van der Waals surface area contributed by atoms with E-state index in [0.29, 0.717) is 18.0 Å². The normalized spacial score (nSPS) is 20.4. The smallest absolute Gasteiger partial charge is 0.256 e. The van der Waals surface area contributed by atoms with Crippen molar-refractivity contribution in [2.75, 3.05) is 13.6 Å². The van der Waals surface area contributed by atoms with Crippen LogP contribution in [0.2, 0.25) is 0 Å². The van der Waals surface area contributed by atoms with Crippen LogP contribution in [0.3, 0.4) is 0 Å². The van der Waals surface area contributed by atoms with Gasteiger partial charge in [0.15, 0.2) is 0 Å². The van der Waals surface area contributed by atoms with Crippen molar-refractivity contribution < 1.29 is 4.79 Å². The van der Waals surface area contributed by atoms with Gasteiger partial charge in [-0.15, -0.1) is 0 Å². The molecule has 0 saturated heterocycles. The topological polar surface area (TPSA) is 32.7 Å². The van der Waals surface area contributed by atoms with Gasteiger partial charge in [-0.2, -0.15) is 0 Å². The summed E-state index contributed by atoms with van der Waals surface area (Å²) in [6.45, 7) is 2.76. The van der Waals surface area contributed by atoms with E-state index >= 15 is 0 Å². The molecule has 3 heteroatoms. The summed E-state index contributed by atoms with van der Waals surface area (Å²) in [5, 5.41) is 0. The minimum Gasteiger partial charge on any atom is -0.338 e. The summed E-state index contributed by atoms with van der Waals surface area (Å²) < 4.78 is 0. The predicted octanol–water partition coefficient (Wildman–Crippen LogP) is 3.06. The molecule has 3 nitrogen and oxygen atoms in total. The van der Waals surface area contributed by atoms with Gasteiger partial charge in [0.05, 0.1) is 11.3 Å². The summed E-state index contributed by atoms with van der Waals surface area (Å²) in [4.78, 5) is 18.4. The molecule has 0 fully saturated rings. The Bertz CT molecular complexity index is 491. The van der Waals surface area contributed by atoms with Crippen LogP contribution in [0.1, 0.15) is 23.7 Å². The molecule has 0 spiro atoms.